The van der Waals surface area contributed by atoms with Crippen LogP contribution in [0.25, 0.3) is 0 Å². The Labute approximate surface area is 225 Å². The van der Waals surface area contributed by atoms with Gasteiger partial charge in [0.05, 0.1) is 0 Å². The van der Waals surface area contributed by atoms with Gasteiger partial charge in [-0.1, -0.05) is 63.0 Å². The maximum atomic E-state index is 11.1. The van der Waals surface area contributed by atoms with E-state index in [1.807, 2.05) is 25.1 Å². The summed E-state index contributed by atoms with van der Waals surface area (Å²) < 4.78 is 0. The Balaban J connectivity index is 0.000000360. The van der Waals surface area contributed by atoms with Crippen LogP contribution in [0.2, 0.25) is 10.0 Å². The van der Waals surface area contributed by atoms with Crippen LogP contribution < -0.4 is 0 Å². The highest BCUT2D eigenvalue weighted by Gasteiger charge is 2.22. The average Bonchev–Trinajstić information content (AvgIpc) is 2.79. The Hall–Kier alpha value is -2.50. The van der Waals surface area contributed by atoms with Gasteiger partial charge in [0.15, 0.2) is 5.78 Å². The Bertz CT molecular complexity index is 1020. The van der Waals surface area contributed by atoms with E-state index in [-0.39, 0.29) is 16.6 Å². The number of aliphatic carboxylic acids is 1. The molecule has 0 aliphatic heterocycles. The van der Waals surface area contributed by atoms with Crippen LogP contribution in [0.1, 0.15) is 85.5 Å². The molecule has 5 nitrogen and oxygen atoms in total. The fourth-order valence-corrected chi connectivity index (χ4v) is 3.66. The average molecular weight is 534 g/mol. The van der Waals surface area contributed by atoms with Crippen LogP contribution in [-0.4, -0.2) is 26.8 Å². The lowest BCUT2D eigenvalue weighted by Crippen LogP contribution is -2.18. The highest BCUT2D eigenvalue weighted by atomic mass is 35.5. The van der Waals surface area contributed by atoms with Crippen LogP contribution in [0.4, 0.5) is 0 Å². The molecule has 7 heteroatoms. The minimum atomic E-state index is -0.867. The number of ketones is 1. The molecule has 0 bridgehead atoms. The van der Waals surface area contributed by atoms with Crippen molar-refractivity contribution in [3.63, 3.8) is 0 Å². The second kappa shape index (κ2) is 14.3. The van der Waals surface area contributed by atoms with Gasteiger partial charge in [0.2, 0.25) is 0 Å². The van der Waals surface area contributed by atoms with E-state index in [2.05, 4.69) is 37.7 Å². The first-order valence-corrected chi connectivity index (χ1v) is 12.7. The van der Waals surface area contributed by atoms with Crippen molar-refractivity contribution >= 4 is 35.0 Å². The fraction of sp³-hybridized carbons (Fsp3) is 0.448. The number of halogens is 2. The standard InChI is InChI=1S/C15H20ClNO.C14H18ClNO2/c1-11(12(2)18)6-5-8-15(3,4)14-10-13(16)7-9-17-14;1-10(13(17)18)5-4-7-14(2,3)12-9-11(15)6-8-16-12/h6-7,9-10H,5,8H2,1-4H3;5-6,8-9H,4,7H2,1-3H3,(H,17,18)/b11-6+;10-5+. The van der Waals surface area contributed by atoms with Crippen LogP contribution in [0, 0.1) is 0 Å². The number of allylic oxidation sites excluding steroid dienone is 3. The lowest BCUT2D eigenvalue weighted by molar-refractivity contribution is -0.132. The van der Waals surface area contributed by atoms with E-state index in [0.29, 0.717) is 22.0 Å². The van der Waals surface area contributed by atoms with Gasteiger partial charge in [-0.05, 0) is 76.3 Å². The third-order valence-corrected chi connectivity index (χ3v) is 6.63. The van der Waals surface area contributed by atoms with Gasteiger partial charge in [-0.25, -0.2) is 4.79 Å². The van der Waals surface area contributed by atoms with E-state index in [1.54, 1.807) is 44.4 Å². The highest BCUT2D eigenvalue weighted by molar-refractivity contribution is 6.30. The van der Waals surface area contributed by atoms with E-state index in [0.717, 1.165) is 36.2 Å². The summed E-state index contributed by atoms with van der Waals surface area (Å²) in [5.41, 5.74) is 2.95. The van der Waals surface area contributed by atoms with Gasteiger partial charge >= 0.3 is 5.97 Å². The topological polar surface area (TPSA) is 80.1 Å². The van der Waals surface area contributed by atoms with Crippen LogP contribution in [0.15, 0.2) is 60.0 Å². The first-order chi connectivity index (χ1) is 16.7. The van der Waals surface area contributed by atoms with Crippen molar-refractivity contribution in [2.24, 2.45) is 0 Å². The number of pyridine rings is 2. The minimum Gasteiger partial charge on any atom is -0.478 e. The van der Waals surface area contributed by atoms with E-state index >= 15 is 0 Å². The maximum Gasteiger partial charge on any atom is 0.330 e. The van der Waals surface area contributed by atoms with Gasteiger partial charge in [0.1, 0.15) is 0 Å². The van der Waals surface area contributed by atoms with Crippen LogP contribution in [0.3, 0.4) is 0 Å². The number of hydrogen-bond acceptors (Lipinski definition) is 4. The van der Waals surface area contributed by atoms with E-state index in [9.17, 15) is 9.59 Å². The van der Waals surface area contributed by atoms with Crippen molar-refractivity contribution in [3.05, 3.63) is 81.4 Å². The summed E-state index contributed by atoms with van der Waals surface area (Å²) in [4.78, 5) is 30.5. The third kappa shape index (κ3) is 11.0. The molecule has 2 rings (SSSR count). The molecular formula is C29H38Cl2N2O3. The molecule has 2 aromatic heterocycles. The molecule has 0 saturated carbocycles. The van der Waals surface area contributed by atoms with Crippen LogP contribution in [0.5, 0.6) is 0 Å². The molecule has 196 valence electrons. The summed E-state index contributed by atoms with van der Waals surface area (Å²) >= 11 is 11.9. The third-order valence-electron chi connectivity index (χ3n) is 6.16. The van der Waals surface area contributed by atoms with Crippen molar-refractivity contribution in [3.8, 4) is 0 Å². The monoisotopic (exact) mass is 532 g/mol. The van der Waals surface area contributed by atoms with Gasteiger partial charge in [-0.3, -0.25) is 14.8 Å². The molecule has 0 spiro atoms. The number of carbonyl (C=O) groups is 2. The molecule has 2 aromatic rings. The summed E-state index contributed by atoms with van der Waals surface area (Å²) in [5, 5.41) is 10.1. The molecule has 2 heterocycles. The summed E-state index contributed by atoms with van der Waals surface area (Å²) in [5.74, 6) is -0.734. The Morgan fingerprint density at radius 2 is 1.19 bits per heavy atom. The van der Waals surface area contributed by atoms with Gasteiger partial charge < -0.3 is 5.11 Å². The highest BCUT2D eigenvalue weighted by Crippen LogP contribution is 2.29. The maximum absolute atomic E-state index is 11.1. The molecular weight excluding hydrogens is 495 g/mol. The van der Waals surface area contributed by atoms with Gasteiger partial charge in [-0.2, -0.15) is 0 Å². The molecule has 0 unspecified atom stereocenters. The van der Waals surface area contributed by atoms with Crippen molar-refractivity contribution in [1.82, 2.24) is 9.97 Å². The molecule has 0 amide bonds. The number of Topliss-reactive ketones (excluding diaryl/α,β-unsaturated/α-hetero) is 1. The van der Waals surface area contributed by atoms with Gasteiger partial charge in [0, 0.05) is 50.2 Å². The predicted octanol–water partition coefficient (Wildman–Crippen LogP) is 8.15. The Morgan fingerprint density at radius 1 is 0.806 bits per heavy atom. The predicted molar refractivity (Wildman–Crippen MR) is 149 cm³/mol. The molecule has 0 saturated heterocycles. The largest absolute Gasteiger partial charge is 0.478 e. The molecule has 1 N–H and O–H groups in total. The smallest absolute Gasteiger partial charge is 0.330 e. The van der Waals surface area contributed by atoms with Crippen molar-refractivity contribution < 1.29 is 14.7 Å². The second-order valence-electron chi connectivity index (χ2n) is 10.2. The van der Waals surface area contributed by atoms with Gasteiger partial charge in [0.25, 0.3) is 0 Å². The Morgan fingerprint density at radius 3 is 1.53 bits per heavy atom. The van der Waals surface area contributed by atoms with Crippen molar-refractivity contribution in [2.75, 3.05) is 0 Å². The Kier molecular flexibility index (Phi) is 12.5. The summed E-state index contributed by atoms with van der Waals surface area (Å²) in [6.07, 6.45) is 10.5. The molecule has 0 fully saturated rings. The first kappa shape index (κ1) is 31.5. The lowest BCUT2D eigenvalue weighted by atomic mass is 9.83. The number of carboxylic acid groups (broad SMARTS) is 1. The molecule has 0 radical (unpaired) electrons. The van der Waals surface area contributed by atoms with Gasteiger partial charge in [-0.15, -0.1) is 0 Å². The zero-order valence-electron chi connectivity index (χ0n) is 22.4. The normalized spacial score (nSPS) is 12.6. The zero-order valence-corrected chi connectivity index (χ0v) is 23.9. The molecule has 0 aromatic carbocycles. The van der Waals surface area contributed by atoms with E-state index in [1.165, 1.54) is 0 Å². The molecule has 0 atom stereocenters. The van der Waals surface area contributed by atoms with Crippen molar-refractivity contribution in [1.29, 1.82) is 0 Å². The number of hydrogen-bond donors (Lipinski definition) is 1. The summed E-state index contributed by atoms with van der Waals surface area (Å²) in [6.45, 7) is 13.5. The number of rotatable bonds is 10. The second-order valence-corrected chi connectivity index (χ2v) is 11.1. The first-order valence-electron chi connectivity index (χ1n) is 12.0. The number of carboxylic acids is 1. The number of carbonyl (C=O) groups excluding carboxylic acids is 1. The fourth-order valence-electron chi connectivity index (χ4n) is 3.34. The lowest BCUT2D eigenvalue weighted by Gasteiger charge is -2.23. The molecule has 36 heavy (non-hydrogen) atoms. The van der Waals surface area contributed by atoms with E-state index in [4.69, 9.17) is 28.3 Å². The minimum absolute atomic E-state index is 0.0432. The van der Waals surface area contributed by atoms with Crippen LogP contribution in [-0.2, 0) is 20.4 Å². The van der Waals surface area contributed by atoms with E-state index < -0.39 is 5.97 Å². The zero-order chi connectivity index (χ0) is 27.5. The molecule has 0 aliphatic carbocycles. The SMILES string of the molecule is C/C(=C\CCC(C)(C)c1cc(Cl)ccn1)C(=O)O.CC(=O)/C(C)=C/CCC(C)(C)c1cc(Cl)ccn1. The van der Waals surface area contributed by atoms with Crippen LogP contribution >= 0.6 is 23.2 Å². The molecule has 0 aliphatic rings. The number of aromatic nitrogens is 2. The summed E-state index contributed by atoms with van der Waals surface area (Å²) in [7, 11) is 0. The quantitative estimate of drug-likeness (QED) is 0.312. The summed E-state index contributed by atoms with van der Waals surface area (Å²) in [6, 6.07) is 7.29. The van der Waals surface area contributed by atoms with Crippen molar-refractivity contribution in [2.45, 2.75) is 85.0 Å². The number of nitrogens with zero attached hydrogens (tertiary/aromatic N) is 2.